The third-order valence-corrected chi connectivity index (χ3v) is 16.3. The van der Waals surface area contributed by atoms with Crippen LogP contribution in [-0.4, -0.2) is 71.4 Å². The lowest BCUT2D eigenvalue weighted by Crippen LogP contribution is -2.47. The van der Waals surface area contributed by atoms with Crippen molar-refractivity contribution < 1.29 is 36.7 Å². The molecule has 63 heavy (non-hydrogen) atoms. The zero-order valence-corrected chi connectivity index (χ0v) is 38.6. The highest BCUT2D eigenvalue weighted by molar-refractivity contribution is 7.91. The van der Waals surface area contributed by atoms with Gasteiger partial charge in [-0.25, -0.2) is 22.8 Å². The quantitative estimate of drug-likeness (QED) is 0.0639. The number of nitrogens with one attached hydrogen (secondary N) is 1. The number of allylic oxidation sites excluding steroid dienone is 2. The van der Waals surface area contributed by atoms with Gasteiger partial charge in [0.25, 0.3) is 0 Å². The normalized spacial score (nSPS) is 21.8. The molecule has 1 N–H and O–H groups in total. The van der Waals surface area contributed by atoms with Gasteiger partial charge in [-0.05, 0) is 100 Å². The minimum atomic E-state index is -3.97. The van der Waals surface area contributed by atoms with Crippen LogP contribution in [-0.2, 0) is 30.8 Å². The van der Waals surface area contributed by atoms with Crippen LogP contribution in [0.4, 0.5) is 4.39 Å². The number of benzene rings is 2. The number of ketones is 1. The first kappa shape index (κ1) is 46.1. The second kappa shape index (κ2) is 18.6. The maximum Gasteiger partial charge on any atom is 0.240 e. The van der Waals surface area contributed by atoms with E-state index in [2.05, 4.69) is 31.7 Å². The summed E-state index contributed by atoms with van der Waals surface area (Å²) in [5, 5.41) is 3.48. The molecular weight excluding hydrogens is 840 g/mol. The van der Waals surface area contributed by atoms with Gasteiger partial charge in [-0.3, -0.25) is 19.1 Å². The van der Waals surface area contributed by atoms with Gasteiger partial charge in [-0.1, -0.05) is 51.0 Å². The molecule has 0 bridgehead atoms. The van der Waals surface area contributed by atoms with Crippen molar-refractivity contribution in [2.75, 3.05) is 13.7 Å². The summed E-state index contributed by atoms with van der Waals surface area (Å²) >= 11 is 1.49. The highest BCUT2D eigenvalue weighted by atomic mass is 32.2. The number of ether oxygens (including phenoxy) is 2. The number of aromatic nitrogens is 2. The van der Waals surface area contributed by atoms with E-state index >= 15 is 4.79 Å². The zero-order chi connectivity index (χ0) is 45.3. The lowest BCUT2D eigenvalue weighted by Gasteiger charge is -2.29. The van der Waals surface area contributed by atoms with Crippen LogP contribution in [0.5, 0.6) is 11.5 Å². The number of halogens is 1. The average Bonchev–Trinajstić information content (AvgIpc) is 4.04. The summed E-state index contributed by atoms with van der Waals surface area (Å²) in [4.78, 5) is 55.3. The Morgan fingerprint density at radius 1 is 1.06 bits per heavy atom. The van der Waals surface area contributed by atoms with E-state index in [0.717, 1.165) is 52.9 Å². The van der Waals surface area contributed by atoms with Gasteiger partial charge in [-0.15, -0.1) is 24.5 Å². The minimum absolute atomic E-state index is 0.0888. The molecule has 3 aliphatic rings. The van der Waals surface area contributed by atoms with Gasteiger partial charge in [0.15, 0.2) is 5.78 Å². The van der Waals surface area contributed by atoms with Crippen LogP contribution in [0.2, 0.25) is 0 Å². The summed E-state index contributed by atoms with van der Waals surface area (Å²) in [7, 11) is -2.36. The maximum absolute atomic E-state index is 15.0. The van der Waals surface area contributed by atoms with Crippen LogP contribution < -0.4 is 14.2 Å². The number of nitrogens with zero attached hydrogens (tertiary/aromatic N) is 3. The first-order valence-electron chi connectivity index (χ1n) is 22.0. The van der Waals surface area contributed by atoms with Crippen LogP contribution >= 0.6 is 11.3 Å². The number of hydrogen-bond acceptors (Lipinski definition) is 10. The number of Topliss-reactive ketones (excluding diaryl/α,β-unsaturated/α-hetero) is 1. The molecule has 2 saturated carbocycles. The SMILES string of the molecule is C=CCCCCC[C@H](Cc1ccc(F)cc1)C(=O)N1C[C@H](Oc2cc(-c3nc(C(C)C)cs3)nc3c(C)c(OC)ccc23)C[C@H]1C(=O)C[C@]1(C(=O)NS(=O)(=O)C2(C)CC2)C[C@H]1C=C. The summed E-state index contributed by atoms with van der Waals surface area (Å²) in [5.74, 6) is -1.20. The van der Waals surface area contributed by atoms with Crippen molar-refractivity contribution in [3.8, 4) is 22.2 Å². The van der Waals surface area contributed by atoms with Crippen LogP contribution in [0, 0.1) is 30.0 Å². The van der Waals surface area contributed by atoms with Gasteiger partial charge in [0, 0.05) is 41.2 Å². The molecule has 3 heterocycles. The van der Waals surface area contributed by atoms with Crippen LogP contribution in [0.15, 0.2) is 73.2 Å². The van der Waals surface area contributed by atoms with Crippen molar-refractivity contribution in [3.05, 3.63) is 95.8 Å². The van der Waals surface area contributed by atoms with E-state index in [1.54, 1.807) is 37.1 Å². The smallest absolute Gasteiger partial charge is 0.240 e. The highest BCUT2D eigenvalue weighted by Crippen LogP contribution is 2.57. The number of thiazole rings is 1. The number of aryl methyl sites for hydroxylation is 1. The van der Waals surface area contributed by atoms with Crippen molar-refractivity contribution in [1.82, 2.24) is 19.6 Å². The number of hydrogen-bond donors (Lipinski definition) is 1. The molecule has 11 nitrogen and oxygen atoms in total. The Morgan fingerprint density at radius 3 is 2.44 bits per heavy atom. The van der Waals surface area contributed by atoms with Gasteiger partial charge in [0.1, 0.15) is 34.1 Å². The molecule has 3 fully saturated rings. The fourth-order valence-corrected chi connectivity index (χ4v) is 11.1. The topological polar surface area (TPSA) is 145 Å². The van der Waals surface area contributed by atoms with Gasteiger partial charge in [0.05, 0.1) is 41.1 Å². The van der Waals surface area contributed by atoms with E-state index < -0.39 is 50.1 Å². The second-order valence-corrected chi connectivity index (χ2v) is 21.2. The van der Waals surface area contributed by atoms with Gasteiger partial charge >= 0.3 is 0 Å². The number of carbonyl (C=O) groups excluding carboxylic acids is 3. The monoisotopic (exact) mass is 898 g/mol. The zero-order valence-electron chi connectivity index (χ0n) is 37.0. The molecule has 0 unspecified atom stereocenters. The van der Waals surface area contributed by atoms with E-state index in [0.29, 0.717) is 48.4 Å². The molecule has 0 spiro atoms. The predicted molar refractivity (Wildman–Crippen MR) is 245 cm³/mol. The van der Waals surface area contributed by atoms with Crippen LogP contribution in [0.25, 0.3) is 21.6 Å². The summed E-state index contributed by atoms with van der Waals surface area (Å²) in [5.41, 5.74) is 2.55. The lowest BCUT2D eigenvalue weighted by molar-refractivity contribution is -0.142. The average molecular weight is 899 g/mol. The van der Waals surface area contributed by atoms with Gasteiger partial charge in [0.2, 0.25) is 21.8 Å². The molecule has 0 radical (unpaired) electrons. The molecule has 14 heteroatoms. The fourth-order valence-electron chi connectivity index (χ4n) is 8.80. The number of carbonyl (C=O) groups is 3. The Balaban J connectivity index is 1.23. The molecule has 1 aliphatic heterocycles. The molecule has 4 aromatic rings. The number of pyridine rings is 1. The highest BCUT2D eigenvalue weighted by Gasteiger charge is 2.62. The Bertz CT molecular complexity index is 2500. The molecule has 2 amide bonds. The van der Waals surface area contributed by atoms with Crippen molar-refractivity contribution in [2.45, 2.75) is 121 Å². The standard InChI is InChI=1S/C49H59FN4O7S2/c1-8-10-11-12-13-14-33(23-32-15-17-35(50)18-16-32)46(56)54-28-36(24-40(54)41(55)27-49(26-34(49)9-2)47(57)53-63(58,59)48(6)21-22-48)61-43-25-38(45-52-39(29-62-45)30(3)4)51-44-31(5)42(60-7)20-19-37(43)44/h8-9,15-20,25,29-30,33-34,36,40H,1-2,10-14,21-24,26-28H2,3-7H3,(H,53,57)/t33-,34-,36-,40+,49-/m1/s1. The van der Waals surface area contributed by atoms with Crippen molar-refractivity contribution in [2.24, 2.45) is 17.3 Å². The van der Waals surface area contributed by atoms with Crippen LogP contribution in [0.1, 0.15) is 108 Å². The molecule has 7 rings (SSSR count). The van der Waals surface area contributed by atoms with Crippen LogP contribution in [0.3, 0.4) is 0 Å². The molecule has 2 aromatic carbocycles. The maximum atomic E-state index is 15.0. The predicted octanol–water partition coefficient (Wildman–Crippen LogP) is 9.43. The number of amides is 2. The molecule has 336 valence electrons. The fraction of sp³-hybridized carbons (Fsp3) is 0.490. The van der Waals surface area contributed by atoms with Crippen molar-refractivity contribution >= 4 is 49.9 Å². The second-order valence-electron chi connectivity index (χ2n) is 18.2. The summed E-state index contributed by atoms with van der Waals surface area (Å²) < 4.78 is 54.3. The summed E-state index contributed by atoms with van der Waals surface area (Å²) in [6, 6.07) is 10.8. The van der Waals surface area contributed by atoms with Gasteiger partial charge < -0.3 is 14.4 Å². The number of rotatable bonds is 21. The Labute approximate surface area is 374 Å². The Morgan fingerprint density at radius 2 is 1.81 bits per heavy atom. The summed E-state index contributed by atoms with van der Waals surface area (Å²) in [6.45, 7) is 15.5. The largest absolute Gasteiger partial charge is 0.496 e. The number of unbranched alkanes of at least 4 members (excludes halogenated alkanes) is 3. The number of fused-ring (bicyclic) bond motifs is 1. The van der Waals surface area contributed by atoms with Crippen molar-refractivity contribution in [3.63, 3.8) is 0 Å². The number of sulfonamides is 1. The third kappa shape index (κ3) is 9.77. The molecule has 5 atom stereocenters. The van der Waals surface area contributed by atoms with Crippen molar-refractivity contribution in [1.29, 1.82) is 0 Å². The Hall–Kier alpha value is -4.95. The van der Waals surface area contributed by atoms with E-state index in [1.807, 2.05) is 36.6 Å². The summed E-state index contributed by atoms with van der Waals surface area (Å²) in [6.07, 6.45) is 8.20. The molecule has 1 saturated heterocycles. The van der Waals surface area contributed by atoms with Gasteiger partial charge in [-0.2, -0.15) is 0 Å². The minimum Gasteiger partial charge on any atom is -0.496 e. The number of methoxy groups -OCH3 is 1. The Kier molecular flexibility index (Phi) is 13.6. The molecule has 2 aliphatic carbocycles. The lowest BCUT2D eigenvalue weighted by atomic mass is 9.89. The van der Waals surface area contributed by atoms with E-state index in [9.17, 15) is 22.4 Å². The number of likely N-dealkylation sites (tertiary alicyclic amines) is 1. The first-order valence-corrected chi connectivity index (χ1v) is 24.4. The third-order valence-electron chi connectivity index (χ3n) is 13.3. The molecular formula is C49H59FN4O7S2. The van der Waals surface area contributed by atoms with E-state index in [-0.39, 0.29) is 49.2 Å². The molecule has 2 aromatic heterocycles. The van der Waals surface area contributed by atoms with E-state index in [4.69, 9.17) is 19.4 Å². The van der Waals surface area contributed by atoms with E-state index in [1.165, 1.54) is 23.5 Å². The first-order chi connectivity index (χ1) is 30.0.